The molecule has 0 spiro atoms. The van der Waals surface area contributed by atoms with Crippen LogP contribution in [0.3, 0.4) is 0 Å². The minimum atomic E-state index is -0.318. The zero-order valence-corrected chi connectivity index (χ0v) is 17.0. The number of nitrogens with zero attached hydrogens (tertiary/aromatic N) is 1. The normalized spacial score (nSPS) is 15.1. The van der Waals surface area contributed by atoms with Crippen LogP contribution >= 0.6 is 35.0 Å². The maximum Gasteiger partial charge on any atom is 0.240 e. The fraction of sp³-hybridized carbons (Fsp3) is 0.150. The first-order chi connectivity index (χ1) is 13.4. The van der Waals surface area contributed by atoms with Crippen LogP contribution in [0.4, 0.5) is 0 Å². The number of halogens is 2. The third-order valence-corrected chi connectivity index (χ3v) is 5.62. The lowest BCUT2D eigenvalue weighted by Crippen LogP contribution is -2.37. The number of carbonyl (C=O) groups is 3. The Bertz CT molecular complexity index is 945. The van der Waals surface area contributed by atoms with E-state index in [0.717, 1.165) is 5.56 Å². The number of amides is 2. The Morgan fingerprint density at radius 1 is 1.11 bits per heavy atom. The summed E-state index contributed by atoms with van der Waals surface area (Å²) in [5.41, 5.74) is 1.24. The van der Waals surface area contributed by atoms with Gasteiger partial charge in [0.2, 0.25) is 11.8 Å². The average Bonchev–Trinajstić information content (AvgIpc) is 3.01. The predicted octanol–water partition coefficient (Wildman–Crippen LogP) is 3.91. The molecule has 1 aliphatic rings. The van der Waals surface area contributed by atoms with Crippen LogP contribution in [0.15, 0.2) is 59.6 Å². The Labute approximate surface area is 176 Å². The number of carbonyl (C=O) groups excluding carboxylic acids is 3. The van der Waals surface area contributed by atoms with Gasteiger partial charge in [-0.2, -0.15) is 0 Å². The molecular weight excluding hydrogens is 419 g/mol. The van der Waals surface area contributed by atoms with Gasteiger partial charge in [0.25, 0.3) is 0 Å². The Morgan fingerprint density at radius 2 is 1.82 bits per heavy atom. The minimum absolute atomic E-state index is 0.152. The van der Waals surface area contributed by atoms with Crippen molar-refractivity contribution < 1.29 is 14.4 Å². The summed E-state index contributed by atoms with van der Waals surface area (Å²) in [6, 6.07) is 13.8. The molecule has 0 saturated carbocycles. The van der Waals surface area contributed by atoms with E-state index in [4.69, 9.17) is 23.2 Å². The minimum Gasteiger partial charge on any atom is -0.350 e. The monoisotopic (exact) mass is 434 g/mol. The van der Waals surface area contributed by atoms with Crippen molar-refractivity contribution in [2.75, 3.05) is 12.3 Å². The lowest BCUT2D eigenvalue weighted by atomic mass is 10.1. The second kappa shape index (κ2) is 9.28. The number of hydrogen-bond donors (Lipinski definition) is 1. The lowest BCUT2D eigenvalue weighted by molar-refractivity contribution is -0.131. The molecule has 0 radical (unpaired) electrons. The van der Waals surface area contributed by atoms with Crippen molar-refractivity contribution in [1.29, 1.82) is 0 Å². The molecule has 2 aromatic rings. The quantitative estimate of drug-likeness (QED) is 0.552. The lowest BCUT2D eigenvalue weighted by Gasteiger charge is -2.16. The van der Waals surface area contributed by atoms with Gasteiger partial charge in [0.05, 0.1) is 15.8 Å². The highest BCUT2D eigenvalue weighted by Gasteiger charge is 2.29. The van der Waals surface area contributed by atoms with Crippen molar-refractivity contribution in [3.05, 3.63) is 80.8 Å². The summed E-state index contributed by atoms with van der Waals surface area (Å²) >= 11 is 13.1. The van der Waals surface area contributed by atoms with Crippen LogP contribution in [0, 0.1) is 0 Å². The molecule has 1 aliphatic heterocycles. The SMILES string of the molecule is O=C(CN1C(=O)CSC1=CC(=O)c1ccccc1Cl)NCc1ccc(Cl)cc1. The highest BCUT2D eigenvalue weighted by atomic mass is 35.5. The van der Waals surface area contributed by atoms with Gasteiger partial charge in [-0.05, 0) is 29.8 Å². The summed E-state index contributed by atoms with van der Waals surface area (Å²) in [5.74, 6) is -0.660. The number of benzene rings is 2. The van der Waals surface area contributed by atoms with E-state index >= 15 is 0 Å². The molecule has 5 nitrogen and oxygen atoms in total. The first-order valence-electron chi connectivity index (χ1n) is 8.39. The smallest absolute Gasteiger partial charge is 0.240 e. The first kappa shape index (κ1) is 20.5. The topological polar surface area (TPSA) is 66.5 Å². The van der Waals surface area contributed by atoms with E-state index in [1.165, 1.54) is 22.7 Å². The average molecular weight is 435 g/mol. The van der Waals surface area contributed by atoms with E-state index in [9.17, 15) is 14.4 Å². The van der Waals surface area contributed by atoms with Crippen molar-refractivity contribution in [2.45, 2.75) is 6.54 Å². The van der Waals surface area contributed by atoms with Gasteiger partial charge in [-0.3, -0.25) is 19.3 Å². The van der Waals surface area contributed by atoms with E-state index < -0.39 is 0 Å². The maximum absolute atomic E-state index is 12.5. The maximum atomic E-state index is 12.5. The van der Waals surface area contributed by atoms with Crippen LogP contribution in [0.1, 0.15) is 15.9 Å². The number of allylic oxidation sites excluding steroid dienone is 1. The van der Waals surface area contributed by atoms with Gasteiger partial charge in [-0.15, -0.1) is 0 Å². The van der Waals surface area contributed by atoms with Crippen LogP contribution < -0.4 is 5.32 Å². The highest BCUT2D eigenvalue weighted by Crippen LogP contribution is 2.29. The fourth-order valence-electron chi connectivity index (χ4n) is 2.55. The second-order valence-corrected chi connectivity index (χ2v) is 7.84. The van der Waals surface area contributed by atoms with Crippen molar-refractivity contribution in [3.63, 3.8) is 0 Å². The van der Waals surface area contributed by atoms with E-state index in [2.05, 4.69) is 5.32 Å². The van der Waals surface area contributed by atoms with Gasteiger partial charge in [-0.25, -0.2) is 0 Å². The summed E-state index contributed by atoms with van der Waals surface area (Å²) in [6.45, 7) is 0.170. The zero-order valence-electron chi connectivity index (χ0n) is 14.7. The van der Waals surface area contributed by atoms with Crippen LogP contribution in [0.5, 0.6) is 0 Å². The van der Waals surface area contributed by atoms with Gasteiger partial charge in [0.1, 0.15) is 6.54 Å². The van der Waals surface area contributed by atoms with E-state index in [1.807, 2.05) is 12.1 Å². The third-order valence-electron chi connectivity index (χ3n) is 4.01. The number of thioether (sulfide) groups is 1. The molecule has 0 aliphatic carbocycles. The molecule has 1 heterocycles. The van der Waals surface area contributed by atoms with E-state index in [0.29, 0.717) is 27.2 Å². The van der Waals surface area contributed by atoms with Crippen molar-refractivity contribution in [2.24, 2.45) is 0 Å². The Hall–Kier alpha value is -2.28. The molecular formula is C20H16Cl2N2O3S. The zero-order chi connectivity index (χ0) is 20.1. The second-order valence-electron chi connectivity index (χ2n) is 6.00. The van der Waals surface area contributed by atoms with Gasteiger partial charge < -0.3 is 5.32 Å². The van der Waals surface area contributed by atoms with Crippen LogP contribution in [-0.2, 0) is 16.1 Å². The number of rotatable bonds is 6. The van der Waals surface area contributed by atoms with Crippen LogP contribution in [0.2, 0.25) is 10.0 Å². The third kappa shape index (κ3) is 5.16. The summed E-state index contributed by atoms with van der Waals surface area (Å²) in [5, 5.41) is 4.16. The summed E-state index contributed by atoms with van der Waals surface area (Å²) in [4.78, 5) is 38.2. The van der Waals surface area contributed by atoms with Gasteiger partial charge in [0, 0.05) is 23.2 Å². The van der Waals surface area contributed by atoms with Gasteiger partial charge in [0.15, 0.2) is 5.78 Å². The standard InChI is InChI=1S/C20H16Cl2N2O3S/c21-14-7-5-13(6-8-14)10-23-18(26)11-24-19(27)12-28-20(24)9-17(25)15-3-1-2-4-16(15)22/h1-9H,10-12H2,(H,23,26). The summed E-state index contributed by atoms with van der Waals surface area (Å²) in [6.07, 6.45) is 1.35. The largest absolute Gasteiger partial charge is 0.350 e. The predicted molar refractivity (Wildman–Crippen MR) is 111 cm³/mol. The molecule has 8 heteroatoms. The summed E-state index contributed by atoms with van der Waals surface area (Å²) < 4.78 is 0. The Kier molecular flexibility index (Phi) is 6.78. The molecule has 1 saturated heterocycles. The molecule has 144 valence electrons. The van der Waals surface area contributed by atoms with Crippen molar-refractivity contribution in [1.82, 2.24) is 10.2 Å². The number of nitrogens with one attached hydrogen (secondary N) is 1. The molecule has 2 aromatic carbocycles. The molecule has 0 atom stereocenters. The first-order valence-corrected chi connectivity index (χ1v) is 10.1. The molecule has 28 heavy (non-hydrogen) atoms. The molecule has 0 aromatic heterocycles. The van der Waals surface area contributed by atoms with Gasteiger partial charge >= 0.3 is 0 Å². The number of ketones is 1. The summed E-state index contributed by atoms with van der Waals surface area (Å²) in [7, 11) is 0. The van der Waals surface area contributed by atoms with Crippen LogP contribution in [0.25, 0.3) is 0 Å². The molecule has 0 unspecified atom stereocenters. The molecule has 1 N–H and O–H groups in total. The Balaban J connectivity index is 1.65. The van der Waals surface area contributed by atoms with Crippen molar-refractivity contribution in [3.8, 4) is 0 Å². The molecule has 1 fully saturated rings. The van der Waals surface area contributed by atoms with E-state index in [-0.39, 0.29) is 29.9 Å². The fourth-order valence-corrected chi connectivity index (χ4v) is 3.85. The van der Waals surface area contributed by atoms with Crippen LogP contribution in [-0.4, -0.2) is 34.8 Å². The Morgan fingerprint density at radius 3 is 2.54 bits per heavy atom. The number of hydrogen-bond acceptors (Lipinski definition) is 4. The van der Waals surface area contributed by atoms with Gasteiger partial charge in [-0.1, -0.05) is 59.2 Å². The van der Waals surface area contributed by atoms with Crippen molar-refractivity contribution >= 4 is 52.6 Å². The molecule has 3 rings (SSSR count). The highest BCUT2D eigenvalue weighted by molar-refractivity contribution is 8.04. The molecule has 2 amide bonds. The molecule has 0 bridgehead atoms. The van der Waals surface area contributed by atoms with E-state index in [1.54, 1.807) is 36.4 Å².